The number of carboxylic acid groups (broad SMARTS) is 1. The highest BCUT2D eigenvalue weighted by Crippen LogP contribution is 2.38. The topological polar surface area (TPSA) is 123 Å². The summed E-state index contributed by atoms with van der Waals surface area (Å²) in [5.41, 5.74) is 2.80. The number of fused-ring (bicyclic) bond motifs is 2. The molecule has 4 aromatic rings. The van der Waals surface area contributed by atoms with Crippen LogP contribution in [0, 0.1) is 11.6 Å². The van der Waals surface area contributed by atoms with Crippen molar-refractivity contribution in [3.8, 4) is 11.5 Å². The van der Waals surface area contributed by atoms with E-state index in [1.54, 1.807) is 24.3 Å². The van der Waals surface area contributed by atoms with Crippen LogP contribution in [0.2, 0.25) is 0 Å². The van der Waals surface area contributed by atoms with Gasteiger partial charge in [0.25, 0.3) is 11.8 Å². The second-order valence-corrected chi connectivity index (χ2v) is 12.7. The van der Waals surface area contributed by atoms with Crippen LogP contribution in [-0.2, 0) is 27.4 Å². The van der Waals surface area contributed by atoms with E-state index in [4.69, 9.17) is 14.2 Å². The number of rotatable bonds is 8. The summed E-state index contributed by atoms with van der Waals surface area (Å²) in [7, 11) is 4.02. The number of nitrogens with zero attached hydrogens (tertiary/aromatic N) is 2. The Kier molecular flexibility index (Phi) is 10.7. The second kappa shape index (κ2) is 14.7. The minimum absolute atomic E-state index is 0.102. The molecule has 254 valence electrons. The molecule has 2 amide bonds. The van der Waals surface area contributed by atoms with Gasteiger partial charge in [0.1, 0.15) is 23.1 Å². The van der Waals surface area contributed by atoms with Crippen molar-refractivity contribution in [2.75, 3.05) is 21.3 Å². The minimum atomic E-state index is -1.34. The molecule has 4 aromatic carbocycles. The van der Waals surface area contributed by atoms with Gasteiger partial charge in [0, 0.05) is 44.3 Å². The van der Waals surface area contributed by atoms with E-state index < -0.39 is 41.6 Å². The SMILES string of the molecule is COC(=O)C(c1cc(F)ccc1OC)N1Cc2ccc(Br)cc2C1=O.COc1ccc(F)cc1C(C(=O)O)N1Cc2ccc(Br)cc2C1=O. The fraction of sp³-hybridized carbons (Fsp3) is 0.200. The first kappa shape index (κ1) is 35.5. The van der Waals surface area contributed by atoms with E-state index in [1.807, 2.05) is 12.1 Å². The molecule has 2 atom stereocenters. The fourth-order valence-electron chi connectivity index (χ4n) is 5.81. The second-order valence-electron chi connectivity index (χ2n) is 10.9. The summed E-state index contributed by atoms with van der Waals surface area (Å²) in [4.78, 5) is 52.3. The van der Waals surface area contributed by atoms with Gasteiger partial charge in [-0.05, 0) is 71.8 Å². The highest BCUT2D eigenvalue weighted by Gasteiger charge is 2.41. The molecule has 49 heavy (non-hydrogen) atoms. The zero-order valence-corrected chi connectivity index (χ0v) is 29.4. The summed E-state index contributed by atoms with van der Waals surface area (Å²) < 4.78 is 44.2. The van der Waals surface area contributed by atoms with Gasteiger partial charge in [0.2, 0.25) is 0 Å². The van der Waals surface area contributed by atoms with Crippen LogP contribution in [0.1, 0.15) is 55.1 Å². The van der Waals surface area contributed by atoms with Crippen molar-refractivity contribution >= 4 is 55.6 Å². The summed E-state index contributed by atoms with van der Waals surface area (Å²) in [6.45, 7) is 0.360. The molecule has 0 aliphatic carbocycles. The Bertz CT molecular complexity index is 1970. The van der Waals surface area contributed by atoms with Crippen molar-refractivity contribution in [1.29, 1.82) is 0 Å². The zero-order chi connectivity index (χ0) is 35.6. The molecule has 2 unspecified atom stereocenters. The van der Waals surface area contributed by atoms with Gasteiger partial charge in [-0.2, -0.15) is 0 Å². The van der Waals surface area contributed by atoms with Crippen LogP contribution in [0.15, 0.2) is 81.7 Å². The number of benzene rings is 4. The largest absolute Gasteiger partial charge is 0.496 e. The average molecular weight is 802 g/mol. The lowest BCUT2D eigenvalue weighted by atomic mass is 10.0. The van der Waals surface area contributed by atoms with E-state index in [9.17, 15) is 33.1 Å². The molecule has 10 nitrogen and oxygen atoms in total. The number of methoxy groups -OCH3 is 3. The van der Waals surface area contributed by atoms with Crippen molar-refractivity contribution in [2.45, 2.75) is 25.2 Å². The van der Waals surface area contributed by atoms with Crippen molar-refractivity contribution in [1.82, 2.24) is 9.80 Å². The van der Waals surface area contributed by atoms with Gasteiger partial charge in [0.05, 0.1) is 21.3 Å². The minimum Gasteiger partial charge on any atom is -0.496 e. The number of carbonyl (C=O) groups is 4. The molecule has 2 aliphatic heterocycles. The van der Waals surface area contributed by atoms with Crippen LogP contribution in [0.5, 0.6) is 11.5 Å². The van der Waals surface area contributed by atoms with Gasteiger partial charge in [-0.1, -0.05) is 44.0 Å². The molecule has 6 rings (SSSR count). The lowest BCUT2D eigenvalue weighted by Gasteiger charge is -2.27. The normalized spacial score (nSPS) is 14.3. The molecular weight excluding hydrogens is 774 g/mol. The van der Waals surface area contributed by atoms with E-state index >= 15 is 0 Å². The van der Waals surface area contributed by atoms with Gasteiger partial charge < -0.3 is 29.1 Å². The van der Waals surface area contributed by atoms with Crippen LogP contribution < -0.4 is 9.47 Å². The Morgan fingerprint density at radius 1 is 0.694 bits per heavy atom. The molecule has 0 spiro atoms. The number of hydrogen-bond donors (Lipinski definition) is 1. The van der Waals surface area contributed by atoms with Gasteiger partial charge in [-0.25, -0.2) is 18.4 Å². The molecule has 2 aliphatic rings. The first-order valence-corrected chi connectivity index (χ1v) is 16.1. The van der Waals surface area contributed by atoms with Crippen molar-refractivity contribution < 1.29 is 47.3 Å². The van der Waals surface area contributed by atoms with Gasteiger partial charge in [-0.3, -0.25) is 9.59 Å². The van der Waals surface area contributed by atoms with E-state index in [0.29, 0.717) is 16.9 Å². The van der Waals surface area contributed by atoms with Crippen LogP contribution >= 0.6 is 31.9 Å². The summed E-state index contributed by atoms with van der Waals surface area (Å²) in [6.07, 6.45) is 0. The molecule has 0 saturated carbocycles. The maximum Gasteiger partial charge on any atom is 0.333 e. The average Bonchev–Trinajstić information content (AvgIpc) is 3.56. The van der Waals surface area contributed by atoms with Gasteiger partial charge >= 0.3 is 11.9 Å². The van der Waals surface area contributed by atoms with Crippen molar-refractivity contribution in [3.63, 3.8) is 0 Å². The maximum absolute atomic E-state index is 13.8. The van der Waals surface area contributed by atoms with Crippen molar-refractivity contribution in [2.24, 2.45) is 0 Å². The Morgan fingerprint density at radius 3 is 1.53 bits per heavy atom. The Balaban J connectivity index is 0.000000191. The number of ether oxygens (including phenoxy) is 3. The van der Waals surface area contributed by atoms with Crippen LogP contribution in [-0.4, -0.2) is 60.0 Å². The highest BCUT2D eigenvalue weighted by molar-refractivity contribution is 9.10. The Hall–Kier alpha value is -4.82. The molecular formula is C35H28Br2F2N2O8. The quantitative estimate of drug-likeness (QED) is 0.192. The molecule has 2 heterocycles. The molecule has 0 radical (unpaired) electrons. The third kappa shape index (κ3) is 7.15. The lowest BCUT2D eigenvalue weighted by Crippen LogP contribution is -2.35. The summed E-state index contributed by atoms with van der Waals surface area (Å²) >= 11 is 6.64. The molecule has 14 heteroatoms. The number of aliphatic carboxylic acids is 1. The first-order valence-electron chi connectivity index (χ1n) is 14.5. The molecule has 0 aromatic heterocycles. The zero-order valence-electron chi connectivity index (χ0n) is 26.2. The Morgan fingerprint density at radius 2 is 1.12 bits per heavy atom. The predicted molar refractivity (Wildman–Crippen MR) is 179 cm³/mol. The summed E-state index contributed by atoms with van der Waals surface area (Å²) in [6, 6.07) is 15.6. The fourth-order valence-corrected chi connectivity index (χ4v) is 6.54. The molecule has 0 fully saturated rings. The summed E-state index contributed by atoms with van der Waals surface area (Å²) in [5, 5.41) is 9.67. The van der Waals surface area contributed by atoms with Crippen LogP contribution in [0.25, 0.3) is 0 Å². The first-order chi connectivity index (χ1) is 23.4. The van der Waals surface area contributed by atoms with Crippen LogP contribution in [0.4, 0.5) is 8.78 Å². The number of carbonyl (C=O) groups excluding carboxylic acids is 3. The number of amides is 2. The number of hydrogen-bond acceptors (Lipinski definition) is 7. The third-order valence-corrected chi connectivity index (χ3v) is 9.05. The number of esters is 1. The smallest absolute Gasteiger partial charge is 0.333 e. The summed E-state index contributed by atoms with van der Waals surface area (Å²) in [5.74, 6) is -3.25. The van der Waals surface area contributed by atoms with E-state index in [0.717, 1.165) is 26.1 Å². The van der Waals surface area contributed by atoms with Crippen LogP contribution in [0.3, 0.4) is 0 Å². The molecule has 1 N–H and O–H groups in total. The van der Waals surface area contributed by atoms with E-state index in [-0.39, 0.29) is 35.9 Å². The van der Waals surface area contributed by atoms with Crippen molar-refractivity contribution in [3.05, 3.63) is 127 Å². The van der Waals surface area contributed by atoms with Gasteiger partial charge in [0.15, 0.2) is 12.1 Å². The number of carboxylic acids is 1. The molecule has 0 saturated heterocycles. The molecule has 0 bridgehead atoms. The highest BCUT2D eigenvalue weighted by atomic mass is 79.9. The van der Waals surface area contributed by atoms with E-state index in [2.05, 4.69) is 31.9 Å². The predicted octanol–water partition coefficient (Wildman–Crippen LogP) is 6.85. The standard InChI is InChI=1S/C18H15BrFNO4.C17H13BrFNO4/c1-24-15-6-5-12(20)8-14(15)16(18(23)25-2)21-9-10-3-4-11(19)7-13(10)17(21)22;1-24-14-5-4-11(19)7-13(14)15(17(22)23)20-8-9-2-3-10(18)6-12(9)16(20)21/h3-8,16H,9H2,1-2H3;2-7,15H,8H2,1H3,(H,22,23). The van der Waals surface area contributed by atoms with Gasteiger partial charge in [-0.15, -0.1) is 0 Å². The third-order valence-electron chi connectivity index (χ3n) is 8.06. The Labute approximate surface area is 296 Å². The van der Waals surface area contributed by atoms with E-state index in [1.165, 1.54) is 61.5 Å². The monoisotopic (exact) mass is 800 g/mol. The number of halogens is 4. The lowest BCUT2D eigenvalue weighted by molar-refractivity contribution is -0.146. The maximum atomic E-state index is 13.8.